The molecule has 5 rings (SSSR count). The quantitative estimate of drug-likeness (QED) is 0.508. The lowest BCUT2D eigenvalue weighted by Crippen LogP contribution is -2.17. The predicted octanol–water partition coefficient (Wildman–Crippen LogP) is 4.99. The number of hydrogen-bond donors (Lipinski definition) is 2. The summed E-state index contributed by atoms with van der Waals surface area (Å²) in [7, 11) is 1.61. The largest absolute Gasteiger partial charge is 0.481 e. The lowest BCUT2D eigenvalue weighted by Gasteiger charge is -2.27. The van der Waals surface area contributed by atoms with E-state index in [0.717, 1.165) is 52.7 Å². The molecule has 2 aromatic heterocycles. The van der Waals surface area contributed by atoms with E-state index in [0.29, 0.717) is 5.88 Å². The number of hydrogen-bond acceptors (Lipinski definition) is 5. The van der Waals surface area contributed by atoms with Crippen LogP contribution >= 0.6 is 0 Å². The molecule has 0 amide bonds. The van der Waals surface area contributed by atoms with E-state index in [4.69, 9.17) is 4.74 Å². The Balaban J connectivity index is 1.49. The van der Waals surface area contributed by atoms with Crippen molar-refractivity contribution in [1.29, 1.82) is 5.26 Å². The van der Waals surface area contributed by atoms with Crippen LogP contribution in [0.15, 0.2) is 54.7 Å². The first-order valence-corrected chi connectivity index (χ1v) is 10.0. The number of pyridine rings is 1. The number of H-pyrrole nitrogens is 1. The van der Waals surface area contributed by atoms with Crippen molar-refractivity contribution in [1.82, 2.24) is 15.2 Å². The Morgan fingerprint density at radius 3 is 2.97 bits per heavy atom. The molecule has 4 aromatic rings. The molecule has 2 heterocycles. The number of nitrogens with one attached hydrogen (secondary N) is 2. The van der Waals surface area contributed by atoms with Crippen LogP contribution in [0.1, 0.15) is 35.6 Å². The maximum atomic E-state index is 9.19. The van der Waals surface area contributed by atoms with E-state index in [-0.39, 0.29) is 6.04 Å². The van der Waals surface area contributed by atoms with Crippen LogP contribution in [0.25, 0.3) is 22.2 Å². The molecule has 0 fully saturated rings. The summed E-state index contributed by atoms with van der Waals surface area (Å²) in [5.41, 5.74) is 7.14. The highest BCUT2D eigenvalue weighted by atomic mass is 16.5. The SMILES string of the molecule is COc1cc(-c2n[nH]c3ccc(NC4CCCc5cc(C#N)ccc54)cc23)ccn1. The molecule has 30 heavy (non-hydrogen) atoms. The summed E-state index contributed by atoms with van der Waals surface area (Å²) in [6.45, 7) is 0. The lowest BCUT2D eigenvalue weighted by atomic mass is 9.86. The zero-order valence-corrected chi connectivity index (χ0v) is 16.6. The van der Waals surface area contributed by atoms with Crippen molar-refractivity contribution in [2.24, 2.45) is 0 Å². The highest BCUT2D eigenvalue weighted by Crippen LogP contribution is 2.35. The third-order valence-corrected chi connectivity index (χ3v) is 5.71. The number of nitriles is 1. The second-order valence-corrected chi connectivity index (χ2v) is 7.53. The molecule has 0 aliphatic heterocycles. The van der Waals surface area contributed by atoms with Crippen LogP contribution in [0.5, 0.6) is 5.88 Å². The van der Waals surface area contributed by atoms with Gasteiger partial charge in [-0.2, -0.15) is 10.4 Å². The van der Waals surface area contributed by atoms with Gasteiger partial charge in [0.25, 0.3) is 0 Å². The predicted molar refractivity (Wildman–Crippen MR) is 116 cm³/mol. The maximum Gasteiger partial charge on any atom is 0.213 e. The van der Waals surface area contributed by atoms with Crippen molar-refractivity contribution >= 4 is 16.6 Å². The second kappa shape index (κ2) is 7.53. The molecule has 148 valence electrons. The van der Waals surface area contributed by atoms with E-state index in [1.807, 2.05) is 24.3 Å². The van der Waals surface area contributed by atoms with E-state index >= 15 is 0 Å². The molecule has 6 heteroatoms. The van der Waals surface area contributed by atoms with Gasteiger partial charge in [-0.05, 0) is 66.8 Å². The fourth-order valence-corrected chi connectivity index (χ4v) is 4.23. The van der Waals surface area contributed by atoms with Gasteiger partial charge in [0.05, 0.1) is 30.3 Å². The molecule has 2 N–H and O–H groups in total. The molecular weight excluding hydrogens is 374 g/mol. The van der Waals surface area contributed by atoms with E-state index in [1.54, 1.807) is 13.3 Å². The Bertz CT molecular complexity index is 1270. The summed E-state index contributed by atoms with van der Waals surface area (Å²) in [5, 5.41) is 21.6. The summed E-state index contributed by atoms with van der Waals surface area (Å²) in [6.07, 6.45) is 4.93. The Morgan fingerprint density at radius 2 is 2.10 bits per heavy atom. The zero-order valence-electron chi connectivity index (χ0n) is 16.6. The average molecular weight is 395 g/mol. The van der Waals surface area contributed by atoms with Crippen LogP contribution in [0.2, 0.25) is 0 Å². The third kappa shape index (κ3) is 3.25. The topological polar surface area (TPSA) is 86.6 Å². The minimum absolute atomic E-state index is 0.232. The Labute approximate surface area is 174 Å². The summed E-state index contributed by atoms with van der Waals surface area (Å²) < 4.78 is 5.26. The Kier molecular flexibility index (Phi) is 4.56. The summed E-state index contributed by atoms with van der Waals surface area (Å²) in [4.78, 5) is 4.18. The molecule has 1 atom stereocenters. The number of aromatic nitrogens is 3. The highest BCUT2D eigenvalue weighted by Gasteiger charge is 2.21. The van der Waals surface area contributed by atoms with Gasteiger partial charge in [-0.1, -0.05) is 6.07 Å². The van der Waals surface area contributed by atoms with Crippen molar-refractivity contribution in [3.05, 3.63) is 71.4 Å². The van der Waals surface area contributed by atoms with E-state index in [1.165, 1.54) is 11.1 Å². The third-order valence-electron chi connectivity index (χ3n) is 5.71. The minimum atomic E-state index is 0.232. The molecule has 6 nitrogen and oxygen atoms in total. The van der Waals surface area contributed by atoms with Crippen molar-refractivity contribution < 1.29 is 4.74 Å². The molecule has 0 saturated carbocycles. The molecule has 0 bridgehead atoms. The van der Waals surface area contributed by atoms with Crippen LogP contribution in [-0.4, -0.2) is 22.3 Å². The normalized spacial score (nSPS) is 15.4. The van der Waals surface area contributed by atoms with Crippen molar-refractivity contribution in [2.75, 3.05) is 12.4 Å². The number of benzene rings is 2. The number of anilines is 1. The van der Waals surface area contributed by atoms with Crippen LogP contribution in [-0.2, 0) is 6.42 Å². The number of aryl methyl sites for hydroxylation is 1. The number of ether oxygens (including phenoxy) is 1. The first-order chi connectivity index (χ1) is 14.7. The van der Waals surface area contributed by atoms with Gasteiger partial charge >= 0.3 is 0 Å². The summed E-state index contributed by atoms with van der Waals surface area (Å²) in [6, 6.07) is 18.6. The molecule has 0 spiro atoms. The number of rotatable bonds is 4. The minimum Gasteiger partial charge on any atom is -0.481 e. The Morgan fingerprint density at radius 1 is 1.17 bits per heavy atom. The van der Waals surface area contributed by atoms with Crippen LogP contribution in [0.3, 0.4) is 0 Å². The van der Waals surface area contributed by atoms with Gasteiger partial charge in [0, 0.05) is 28.9 Å². The van der Waals surface area contributed by atoms with Crippen molar-refractivity contribution in [2.45, 2.75) is 25.3 Å². The van der Waals surface area contributed by atoms with Crippen LogP contribution in [0, 0.1) is 11.3 Å². The first-order valence-electron chi connectivity index (χ1n) is 10.0. The number of aromatic amines is 1. The van der Waals surface area contributed by atoms with Gasteiger partial charge in [0.15, 0.2) is 0 Å². The smallest absolute Gasteiger partial charge is 0.213 e. The fourth-order valence-electron chi connectivity index (χ4n) is 4.23. The highest BCUT2D eigenvalue weighted by molar-refractivity contribution is 5.95. The number of methoxy groups -OCH3 is 1. The maximum absolute atomic E-state index is 9.19. The van der Waals surface area contributed by atoms with Gasteiger partial charge in [-0.25, -0.2) is 4.98 Å². The Hall–Kier alpha value is -3.85. The van der Waals surface area contributed by atoms with Gasteiger partial charge < -0.3 is 10.1 Å². The molecular formula is C24H21N5O. The van der Waals surface area contributed by atoms with Crippen LogP contribution in [0.4, 0.5) is 5.69 Å². The number of fused-ring (bicyclic) bond motifs is 2. The van der Waals surface area contributed by atoms with E-state index in [2.05, 4.69) is 50.8 Å². The van der Waals surface area contributed by atoms with Gasteiger partial charge in [0.1, 0.15) is 5.69 Å². The molecule has 1 unspecified atom stereocenters. The van der Waals surface area contributed by atoms with Crippen molar-refractivity contribution in [3.63, 3.8) is 0 Å². The number of nitrogens with zero attached hydrogens (tertiary/aromatic N) is 3. The van der Waals surface area contributed by atoms with E-state index < -0.39 is 0 Å². The monoisotopic (exact) mass is 395 g/mol. The summed E-state index contributed by atoms with van der Waals surface area (Å²) >= 11 is 0. The lowest BCUT2D eigenvalue weighted by molar-refractivity contribution is 0.398. The summed E-state index contributed by atoms with van der Waals surface area (Å²) in [5.74, 6) is 0.563. The van der Waals surface area contributed by atoms with E-state index in [9.17, 15) is 5.26 Å². The zero-order chi connectivity index (χ0) is 20.5. The van der Waals surface area contributed by atoms with Crippen molar-refractivity contribution in [3.8, 4) is 23.2 Å². The fraction of sp³-hybridized carbons (Fsp3) is 0.208. The van der Waals surface area contributed by atoms with Gasteiger partial charge in [-0.3, -0.25) is 5.10 Å². The van der Waals surface area contributed by atoms with Gasteiger partial charge in [-0.15, -0.1) is 0 Å². The standard InChI is InChI=1S/C24H21N5O/c1-30-23-12-17(9-10-26-23)24-20-13-18(6-8-22(20)28-29-24)27-21-4-2-3-16-11-15(14-25)5-7-19(16)21/h5-13,21,27H,2-4H2,1H3,(H,28,29). The molecule has 0 saturated heterocycles. The molecule has 1 aliphatic rings. The molecule has 0 radical (unpaired) electrons. The average Bonchev–Trinajstić information content (AvgIpc) is 3.22. The molecule has 2 aromatic carbocycles. The first kappa shape index (κ1) is 18.2. The second-order valence-electron chi connectivity index (χ2n) is 7.53. The van der Waals surface area contributed by atoms with Crippen LogP contribution < -0.4 is 10.1 Å². The molecule has 1 aliphatic carbocycles. The van der Waals surface area contributed by atoms with Gasteiger partial charge in [0.2, 0.25) is 5.88 Å².